The molecule has 1 atom stereocenters. The molecule has 3 rings (SSSR count). The van der Waals surface area contributed by atoms with Crippen LogP contribution in [0.25, 0.3) is 11.0 Å². The summed E-state index contributed by atoms with van der Waals surface area (Å²) < 4.78 is 2.31. The molecule has 6 nitrogen and oxygen atoms in total. The summed E-state index contributed by atoms with van der Waals surface area (Å²) in [5.74, 6) is -0.241. The van der Waals surface area contributed by atoms with Crippen molar-refractivity contribution in [1.29, 1.82) is 0 Å². The second-order valence-electron chi connectivity index (χ2n) is 4.62. The van der Waals surface area contributed by atoms with Crippen LogP contribution in [-0.2, 0) is 7.05 Å². The predicted octanol–water partition coefficient (Wildman–Crippen LogP) is 2.57. The van der Waals surface area contributed by atoms with Crippen molar-refractivity contribution in [3.05, 3.63) is 39.8 Å². The lowest BCUT2D eigenvalue weighted by Gasteiger charge is -2.11. The normalized spacial score (nSPS) is 12.5. The molecule has 0 aliphatic carbocycles. The molecule has 108 valence electrons. The topological polar surface area (TPSA) is 72.7 Å². The van der Waals surface area contributed by atoms with Crippen LogP contribution in [-0.4, -0.2) is 25.4 Å². The van der Waals surface area contributed by atoms with E-state index in [0.717, 1.165) is 15.9 Å². The highest BCUT2D eigenvalue weighted by Crippen LogP contribution is 2.24. The van der Waals surface area contributed by atoms with Gasteiger partial charge < -0.3 is 9.88 Å². The third kappa shape index (κ3) is 2.74. The Hall–Kier alpha value is -1.99. The second-order valence-corrected chi connectivity index (χ2v) is 6.27. The van der Waals surface area contributed by atoms with Crippen molar-refractivity contribution < 1.29 is 4.79 Å². The molecule has 21 heavy (non-hydrogen) atoms. The third-order valence-corrected chi connectivity index (χ3v) is 4.41. The number of amides is 1. The Balaban J connectivity index is 1.81. The molecule has 0 fully saturated rings. The van der Waals surface area contributed by atoms with E-state index >= 15 is 0 Å². The van der Waals surface area contributed by atoms with Crippen molar-refractivity contribution in [3.8, 4) is 0 Å². The van der Waals surface area contributed by atoms with Crippen molar-refractivity contribution in [2.45, 2.75) is 13.0 Å². The Kier molecular flexibility index (Phi) is 3.60. The van der Waals surface area contributed by atoms with E-state index in [1.807, 2.05) is 18.5 Å². The number of pyridine rings is 1. The SMILES string of the molecule is CC(NC(=O)c1cc2c(cn1)ncn2C)c1cnc(Cl)s1. The Morgan fingerprint density at radius 1 is 1.38 bits per heavy atom. The minimum atomic E-state index is -0.241. The lowest BCUT2D eigenvalue weighted by atomic mass is 10.2. The number of nitrogens with one attached hydrogen (secondary N) is 1. The number of aromatic nitrogens is 4. The number of carbonyl (C=O) groups excluding carboxylic acids is 1. The lowest BCUT2D eigenvalue weighted by molar-refractivity contribution is 0.0935. The van der Waals surface area contributed by atoms with E-state index in [4.69, 9.17) is 11.6 Å². The van der Waals surface area contributed by atoms with Gasteiger partial charge in [0.2, 0.25) is 0 Å². The third-order valence-electron chi connectivity index (χ3n) is 3.11. The summed E-state index contributed by atoms with van der Waals surface area (Å²) in [6, 6.07) is 1.55. The first-order valence-electron chi connectivity index (χ1n) is 6.24. The van der Waals surface area contributed by atoms with Crippen molar-refractivity contribution >= 4 is 39.9 Å². The van der Waals surface area contributed by atoms with Crippen molar-refractivity contribution in [2.24, 2.45) is 7.05 Å². The summed E-state index contributed by atoms with van der Waals surface area (Å²) in [5, 5.41) is 2.88. The van der Waals surface area contributed by atoms with Crippen LogP contribution in [0.2, 0.25) is 4.47 Å². The van der Waals surface area contributed by atoms with Gasteiger partial charge >= 0.3 is 0 Å². The summed E-state index contributed by atoms with van der Waals surface area (Å²) in [7, 11) is 1.87. The molecule has 0 saturated carbocycles. The van der Waals surface area contributed by atoms with Gasteiger partial charge in [0, 0.05) is 18.1 Å². The van der Waals surface area contributed by atoms with Crippen LogP contribution in [0.3, 0.4) is 0 Å². The molecule has 1 unspecified atom stereocenters. The van der Waals surface area contributed by atoms with E-state index in [1.165, 1.54) is 11.3 Å². The predicted molar refractivity (Wildman–Crippen MR) is 81.5 cm³/mol. The minimum Gasteiger partial charge on any atom is -0.343 e. The Bertz CT molecular complexity index is 812. The van der Waals surface area contributed by atoms with Crippen LogP contribution in [0.1, 0.15) is 28.3 Å². The second kappa shape index (κ2) is 5.42. The molecule has 0 aromatic carbocycles. The molecule has 0 aliphatic heterocycles. The molecule has 0 spiro atoms. The number of nitrogens with zero attached hydrogens (tertiary/aromatic N) is 4. The number of thiazole rings is 1. The van der Waals surface area contributed by atoms with Crippen molar-refractivity contribution in [3.63, 3.8) is 0 Å². The molecule has 1 N–H and O–H groups in total. The molecule has 0 bridgehead atoms. The van der Waals surface area contributed by atoms with Crippen LogP contribution < -0.4 is 5.32 Å². The zero-order valence-electron chi connectivity index (χ0n) is 11.4. The number of rotatable bonds is 3. The zero-order valence-corrected chi connectivity index (χ0v) is 12.9. The molecule has 3 aromatic rings. The number of imidazole rings is 1. The summed E-state index contributed by atoms with van der Waals surface area (Å²) in [4.78, 5) is 25.5. The fourth-order valence-electron chi connectivity index (χ4n) is 1.96. The highest BCUT2D eigenvalue weighted by Gasteiger charge is 2.15. The fourth-order valence-corrected chi connectivity index (χ4v) is 2.92. The van der Waals surface area contributed by atoms with Gasteiger partial charge in [0.15, 0.2) is 4.47 Å². The van der Waals surface area contributed by atoms with E-state index in [0.29, 0.717) is 10.2 Å². The number of hydrogen-bond acceptors (Lipinski definition) is 5. The van der Waals surface area contributed by atoms with Gasteiger partial charge in [-0.3, -0.25) is 4.79 Å². The molecule has 3 heterocycles. The van der Waals surface area contributed by atoms with Crippen molar-refractivity contribution in [2.75, 3.05) is 0 Å². The molecule has 0 aliphatic rings. The summed E-state index contributed by atoms with van der Waals surface area (Å²) in [5.41, 5.74) is 1.98. The average molecular weight is 322 g/mol. The Morgan fingerprint density at radius 2 is 2.19 bits per heavy atom. The monoisotopic (exact) mass is 321 g/mol. The quantitative estimate of drug-likeness (QED) is 0.804. The first-order valence-corrected chi connectivity index (χ1v) is 7.43. The maximum atomic E-state index is 12.3. The molecule has 0 radical (unpaired) electrons. The van der Waals surface area contributed by atoms with E-state index in [1.54, 1.807) is 24.8 Å². The lowest BCUT2D eigenvalue weighted by Crippen LogP contribution is -2.26. The van der Waals surface area contributed by atoms with Gasteiger partial charge in [0.25, 0.3) is 5.91 Å². The average Bonchev–Trinajstić information content (AvgIpc) is 3.05. The van der Waals surface area contributed by atoms with Gasteiger partial charge in [0.05, 0.1) is 24.1 Å². The smallest absolute Gasteiger partial charge is 0.270 e. The summed E-state index contributed by atoms with van der Waals surface area (Å²) in [6.07, 6.45) is 4.95. The van der Waals surface area contributed by atoms with Crippen LogP contribution >= 0.6 is 22.9 Å². The molecule has 0 saturated heterocycles. The zero-order chi connectivity index (χ0) is 15.0. The van der Waals surface area contributed by atoms with Crippen molar-refractivity contribution in [1.82, 2.24) is 24.8 Å². The number of hydrogen-bond donors (Lipinski definition) is 1. The maximum absolute atomic E-state index is 12.3. The number of halogens is 1. The van der Waals surface area contributed by atoms with Gasteiger partial charge in [-0.15, -0.1) is 11.3 Å². The molecular formula is C13H12ClN5OS. The first kappa shape index (κ1) is 14.0. The number of carbonyl (C=O) groups is 1. The van der Waals surface area contributed by atoms with E-state index < -0.39 is 0 Å². The van der Waals surface area contributed by atoms with E-state index in [9.17, 15) is 4.79 Å². The van der Waals surface area contributed by atoms with E-state index in [-0.39, 0.29) is 11.9 Å². The first-order chi connectivity index (χ1) is 10.0. The standard InChI is InChI=1S/C13H12ClN5OS/c1-7(11-5-16-13(14)21-11)18-12(20)8-3-10-9(4-15-8)17-6-19(10)2/h3-7H,1-2H3,(H,18,20). The van der Waals surface area contributed by atoms with Gasteiger partial charge in [-0.25, -0.2) is 15.0 Å². The van der Waals surface area contributed by atoms with Gasteiger partial charge in [-0.1, -0.05) is 11.6 Å². The number of fused-ring (bicyclic) bond motifs is 1. The fraction of sp³-hybridized carbons (Fsp3) is 0.231. The van der Waals surface area contributed by atoms with Crippen LogP contribution in [0.5, 0.6) is 0 Å². The Labute approximate surface area is 129 Å². The van der Waals surface area contributed by atoms with E-state index in [2.05, 4.69) is 20.3 Å². The van der Waals surface area contributed by atoms with Gasteiger partial charge in [0.1, 0.15) is 11.2 Å². The molecule has 8 heteroatoms. The molecule has 1 amide bonds. The summed E-state index contributed by atoms with van der Waals surface area (Å²) in [6.45, 7) is 1.88. The maximum Gasteiger partial charge on any atom is 0.270 e. The van der Waals surface area contributed by atoms with Crippen LogP contribution in [0, 0.1) is 0 Å². The largest absolute Gasteiger partial charge is 0.343 e. The van der Waals surface area contributed by atoms with Crippen LogP contribution in [0.4, 0.5) is 0 Å². The molecular weight excluding hydrogens is 310 g/mol. The van der Waals surface area contributed by atoms with Gasteiger partial charge in [-0.2, -0.15) is 0 Å². The highest BCUT2D eigenvalue weighted by molar-refractivity contribution is 7.15. The minimum absolute atomic E-state index is 0.175. The molecule has 3 aromatic heterocycles. The highest BCUT2D eigenvalue weighted by atomic mass is 35.5. The van der Waals surface area contributed by atoms with Crippen LogP contribution in [0.15, 0.2) is 24.8 Å². The summed E-state index contributed by atoms with van der Waals surface area (Å²) >= 11 is 7.15. The number of aryl methyl sites for hydroxylation is 1. The van der Waals surface area contributed by atoms with Gasteiger partial charge in [-0.05, 0) is 13.0 Å². The Morgan fingerprint density at radius 3 is 2.90 bits per heavy atom.